The molecule has 0 radical (unpaired) electrons. The number of halogens is 1. The summed E-state index contributed by atoms with van der Waals surface area (Å²) in [4.78, 5) is 0. The van der Waals surface area contributed by atoms with E-state index >= 15 is 0 Å². The number of nitrogens with one attached hydrogen (secondary N) is 1. The summed E-state index contributed by atoms with van der Waals surface area (Å²) in [6.07, 6.45) is 0.0979. The lowest BCUT2D eigenvalue weighted by molar-refractivity contribution is 0.165. The lowest BCUT2D eigenvalue weighted by atomic mass is 9.86. The third-order valence-electron chi connectivity index (χ3n) is 4.29. The van der Waals surface area contributed by atoms with Gasteiger partial charge in [0, 0.05) is 11.1 Å². The number of aliphatic hydroxyl groups is 1. The summed E-state index contributed by atoms with van der Waals surface area (Å²) in [6.45, 7) is 5.03. The van der Waals surface area contributed by atoms with Gasteiger partial charge in [-0.2, -0.15) is 0 Å². The first-order valence-electron chi connectivity index (χ1n) is 7.66. The molecule has 6 heteroatoms. The molecule has 1 fully saturated rings. The van der Waals surface area contributed by atoms with Crippen LogP contribution in [0.5, 0.6) is 0 Å². The fourth-order valence-corrected chi connectivity index (χ4v) is 4.94. The lowest BCUT2D eigenvalue weighted by Gasteiger charge is -2.23. The molecule has 3 atom stereocenters. The van der Waals surface area contributed by atoms with Crippen molar-refractivity contribution < 1.29 is 13.5 Å². The number of hydrogen-bond acceptors (Lipinski definition) is 4. The normalized spacial score (nSPS) is 25.5. The summed E-state index contributed by atoms with van der Waals surface area (Å²) >= 11 is 5.93. The van der Waals surface area contributed by atoms with Crippen molar-refractivity contribution >= 4 is 21.4 Å². The molecule has 22 heavy (non-hydrogen) atoms. The molecule has 124 valence electrons. The molecule has 0 amide bonds. The Morgan fingerprint density at radius 2 is 1.91 bits per heavy atom. The van der Waals surface area contributed by atoms with Crippen LogP contribution in [-0.2, 0) is 9.84 Å². The second-order valence-corrected chi connectivity index (χ2v) is 8.99. The Kier molecular flexibility index (Phi) is 5.88. The molecule has 1 saturated heterocycles. The van der Waals surface area contributed by atoms with Crippen molar-refractivity contribution in [2.45, 2.75) is 38.3 Å². The van der Waals surface area contributed by atoms with E-state index in [0.29, 0.717) is 18.4 Å². The second kappa shape index (κ2) is 7.30. The zero-order valence-electron chi connectivity index (χ0n) is 13.0. The molecule has 2 N–H and O–H groups in total. The summed E-state index contributed by atoms with van der Waals surface area (Å²) < 4.78 is 23.0. The Morgan fingerprint density at radius 3 is 2.41 bits per heavy atom. The molecule has 1 aliphatic rings. The van der Waals surface area contributed by atoms with Crippen molar-refractivity contribution in [2.24, 2.45) is 5.92 Å². The van der Waals surface area contributed by atoms with Crippen molar-refractivity contribution in [1.82, 2.24) is 5.32 Å². The number of sulfone groups is 1. The average molecular weight is 346 g/mol. The van der Waals surface area contributed by atoms with Gasteiger partial charge in [0.2, 0.25) is 0 Å². The Balaban J connectivity index is 1.92. The third-order valence-corrected chi connectivity index (χ3v) is 6.26. The van der Waals surface area contributed by atoms with Crippen LogP contribution in [0.4, 0.5) is 0 Å². The van der Waals surface area contributed by atoms with Gasteiger partial charge in [-0.25, -0.2) is 8.42 Å². The summed E-state index contributed by atoms with van der Waals surface area (Å²) in [5.74, 6) is 0.747. The molecule has 0 aliphatic carbocycles. The van der Waals surface area contributed by atoms with Gasteiger partial charge in [-0.05, 0) is 42.5 Å². The van der Waals surface area contributed by atoms with Gasteiger partial charge >= 0.3 is 0 Å². The number of hydrogen-bond donors (Lipinski definition) is 2. The van der Waals surface area contributed by atoms with E-state index in [9.17, 15) is 13.5 Å². The molecule has 1 aromatic rings. The van der Waals surface area contributed by atoms with E-state index in [1.807, 2.05) is 24.3 Å². The molecule has 0 bridgehead atoms. The maximum Gasteiger partial charge on any atom is 0.154 e. The average Bonchev–Trinajstić information content (AvgIpc) is 2.68. The predicted octanol–water partition coefficient (Wildman–Crippen LogP) is 2.22. The van der Waals surface area contributed by atoms with E-state index in [-0.39, 0.29) is 17.5 Å². The van der Waals surface area contributed by atoms with Crippen molar-refractivity contribution in [1.29, 1.82) is 0 Å². The van der Waals surface area contributed by atoms with Crippen molar-refractivity contribution in [3.63, 3.8) is 0 Å². The van der Waals surface area contributed by atoms with Crippen LogP contribution in [0.25, 0.3) is 0 Å². The highest BCUT2D eigenvalue weighted by Crippen LogP contribution is 2.28. The van der Waals surface area contributed by atoms with Crippen LogP contribution in [0.2, 0.25) is 5.02 Å². The molecule has 0 saturated carbocycles. The minimum absolute atomic E-state index is 0.0292. The van der Waals surface area contributed by atoms with Crippen LogP contribution in [0.1, 0.15) is 31.7 Å². The van der Waals surface area contributed by atoms with Crippen molar-refractivity contribution in [3.05, 3.63) is 34.9 Å². The minimum Gasteiger partial charge on any atom is -0.390 e. The van der Waals surface area contributed by atoms with E-state index < -0.39 is 15.9 Å². The highest BCUT2D eigenvalue weighted by atomic mass is 35.5. The quantitative estimate of drug-likeness (QED) is 0.829. The van der Waals surface area contributed by atoms with E-state index in [1.54, 1.807) is 0 Å². The molecule has 1 aliphatic heterocycles. The Labute approximate surface area is 137 Å². The van der Waals surface area contributed by atoms with Gasteiger partial charge < -0.3 is 10.4 Å². The minimum atomic E-state index is -3.10. The van der Waals surface area contributed by atoms with Crippen molar-refractivity contribution in [3.8, 4) is 0 Å². The zero-order valence-corrected chi connectivity index (χ0v) is 14.6. The smallest absolute Gasteiger partial charge is 0.154 e. The molecule has 0 spiro atoms. The lowest BCUT2D eigenvalue weighted by Crippen LogP contribution is -2.39. The van der Waals surface area contributed by atoms with Gasteiger partial charge in [0.1, 0.15) is 0 Å². The zero-order chi connectivity index (χ0) is 16.3. The highest BCUT2D eigenvalue weighted by Gasteiger charge is 2.35. The molecule has 1 heterocycles. The van der Waals surface area contributed by atoms with E-state index in [0.717, 1.165) is 11.4 Å². The standard InChI is InChI=1S/C16H24ClNO3S/c1-11(2)14(12-3-5-13(17)6-4-12)7-8-18-15-9-22(20,21)10-16(15)19/h3-6,11,14-16,18-19H,7-10H2,1-2H3/t14-,15+,16-/m0/s1. The van der Waals surface area contributed by atoms with Gasteiger partial charge in [-0.15, -0.1) is 0 Å². The first kappa shape index (κ1) is 17.7. The monoisotopic (exact) mass is 345 g/mol. The van der Waals surface area contributed by atoms with E-state index in [2.05, 4.69) is 19.2 Å². The van der Waals surface area contributed by atoms with Gasteiger partial charge in [0.25, 0.3) is 0 Å². The summed E-state index contributed by atoms with van der Waals surface area (Å²) in [5.41, 5.74) is 1.24. The SMILES string of the molecule is CC(C)[C@H](CCN[C@@H]1CS(=O)(=O)C[C@@H]1O)c1ccc(Cl)cc1. The Bertz CT molecular complexity index is 586. The molecule has 4 nitrogen and oxygen atoms in total. The first-order chi connectivity index (χ1) is 10.3. The molecule has 2 rings (SSSR count). The Morgan fingerprint density at radius 1 is 1.27 bits per heavy atom. The number of rotatable bonds is 6. The van der Waals surface area contributed by atoms with Gasteiger partial charge in [0.15, 0.2) is 9.84 Å². The van der Waals surface area contributed by atoms with Crippen LogP contribution >= 0.6 is 11.6 Å². The van der Waals surface area contributed by atoms with Gasteiger partial charge in [-0.1, -0.05) is 37.6 Å². The van der Waals surface area contributed by atoms with Gasteiger partial charge in [0.05, 0.1) is 17.6 Å². The van der Waals surface area contributed by atoms with E-state index in [4.69, 9.17) is 11.6 Å². The summed E-state index contributed by atoms with van der Waals surface area (Å²) in [6, 6.07) is 7.53. The van der Waals surface area contributed by atoms with Crippen LogP contribution in [0.3, 0.4) is 0 Å². The van der Waals surface area contributed by atoms with Crippen LogP contribution in [0.15, 0.2) is 24.3 Å². The van der Waals surface area contributed by atoms with E-state index in [1.165, 1.54) is 5.56 Å². The molecule has 0 unspecified atom stereocenters. The predicted molar refractivity (Wildman–Crippen MR) is 90.1 cm³/mol. The third kappa shape index (κ3) is 4.69. The Hall–Kier alpha value is -0.620. The largest absolute Gasteiger partial charge is 0.390 e. The fraction of sp³-hybridized carbons (Fsp3) is 0.625. The van der Waals surface area contributed by atoms with Crippen molar-refractivity contribution in [2.75, 3.05) is 18.1 Å². The second-order valence-electron chi connectivity index (χ2n) is 6.40. The summed E-state index contributed by atoms with van der Waals surface area (Å²) in [7, 11) is -3.10. The molecule has 0 aromatic heterocycles. The van der Waals surface area contributed by atoms with Crippen LogP contribution in [0, 0.1) is 5.92 Å². The topological polar surface area (TPSA) is 66.4 Å². The molecule has 1 aromatic carbocycles. The first-order valence-corrected chi connectivity index (χ1v) is 9.86. The maximum atomic E-state index is 11.5. The number of aliphatic hydroxyl groups excluding tert-OH is 1. The van der Waals surface area contributed by atoms with Gasteiger partial charge in [-0.3, -0.25) is 0 Å². The number of benzene rings is 1. The fourth-order valence-electron chi connectivity index (χ4n) is 3.04. The van der Waals surface area contributed by atoms with Crippen LogP contribution < -0.4 is 5.32 Å². The molecular formula is C16H24ClNO3S. The highest BCUT2D eigenvalue weighted by molar-refractivity contribution is 7.91. The van der Waals surface area contributed by atoms with Crippen LogP contribution in [-0.4, -0.2) is 43.7 Å². The maximum absolute atomic E-state index is 11.5. The molecular weight excluding hydrogens is 322 g/mol. The summed E-state index contributed by atoms with van der Waals surface area (Å²) in [5, 5.41) is 13.7.